The molecule has 0 saturated carbocycles. The number of rotatable bonds is 0. The maximum absolute atomic E-state index is 13.2. The molecule has 1 aliphatic heterocycles. The van der Waals surface area contributed by atoms with Crippen molar-refractivity contribution < 1.29 is 19.1 Å². The number of hydrogen-bond donors (Lipinski definition) is 0. The highest BCUT2D eigenvalue weighted by Crippen LogP contribution is 2.30. The second kappa shape index (κ2) is 6.92. The van der Waals surface area contributed by atoms with E-state index in [4.69, 9.17) is 9.47 Å². The van der Waals surface area contributed by atoms with Crippen molar-refractivity contribution in [3.05, 3.63) is 32.9 Å². The first-order valence-corrected chi connectivity index (χ1v) is 10.1. The Morgan fingerprint density at radius 3 is 2.21 bits per heavy atom. The van der Waals surface area contributed by atoms with Crippen LogP contribution in [0.3, 0.4) is 0 Å². The van der Waals surface area contributed by atoms with Crippen LogP contribution >= 0.6 is 11.3 Å². The van der Waals surface area contributed by atoms with Crippen molar-refractivity contribution in [2.45, 2.75) is 65.7 Å². The SMILES string of the molecule is CC(C)(C)OC(=O)N1CCc2c(c(=O)n(C(=O)OC(C)(C)C)c3ccsc23)C1. The molecule has 1 aliphatic rings. The molecule has 7 nitrogen and oxygen atoms in total. The Morgan fingerprint density at radius 1 is 1.00 bits per heavy atom. The molecule has 0 bridgehead atoms. The number of fused-ring (bicyclic) bond motifs is 3. The summed E-state index contributed by atoms with van der Waals surface area (Å²) >= 11 is 1.48. The third-order valence-electron chi connectivity index (χ3n) is 4.19. The summed E-state index contributed by atoms with van der Waals surface area (Å²) in [6, 6.07) is 1.76. The van der Waals surface area contributed by atoms with Gasteiger partial charge in [0, 0.05) is 12.1 Å². The minimum Gasteiger partial charge on any atom is -0.444 e. The third kappa shape index (κ3) is 4.06. The van der Waals surface area contributed by atoms with Crippen molar-refractivity contribution in [1.82, 2.24) is 9.47 Å². The second-order valence-corrected chi connectivity index (χ2v) is 9.78. The number of carbonyl (C=O) groups excluding carboxylic acids is 2. The van der Waals surface area contributed by atoms with E-state index in [2.05, 4.69) is 0 Å². The van der Waals surface area contributed by atoms with Gasteiger partial charge in [-0.2, -0.15) is 0 Å². The van der Waals surface area contributed by atoms with E-state index < -0.39 is 28.9 Å². The van der Waals surface area contributed by atoms with E-state index in [9.17, 15) is 14.4 Å². The van der Waals surface area contributed by atoms with Gasteiger partial charge in [-0.3, -0.25) is 4.79 Å². The van der Waals surface area contributed by atoms with Gasteiger partial charge in [0.2, 0.25) is 0 Å². The van der Waals surface area contributed by atoms with Crippen molar-refractivity contribution >= 4 is 33.7 Å². The fraction of sp³-hybridized carbons (Fsp3) is 0.550. The predicted octanol–water partition coefficient (Wildman–Crippen LogP) is 4.14. The summed E-state index contributed by atoms with van der Waals surface area (Å²) in [4.78, 5) is 39.9. The molecule has 2 aromatic rings. The lowest BCUT2D eigenvalue weighted by atomic mass is 10.0. The third-order valence-corrected chi connectivity index (χ3v) is 5.16. The number of aromatic nitrogens is 1. The van der Waals surface area contributed by atoms with Gasteiger partial charge in [-0.1, -0.05) is 0 Å². The van der Waals surface area contributed by atoms with Gasteiger partial charge in [-0.15, -0.1) is 11.3 Å². The van der Waals surface area contributed by atoms with E-state index in [-0.39, 0.29) is 6.54 Å². The Balaban J connectivity index is 2.05. The highest BCUT2D eigenvalue weighted by atomic mass is 32.1. The lowest BCUT2D eigenvalue weighted by molar-refractivity contribution is 0.0223. The fourth-order valence-electron chi connectivity index (χ4n) is 3.13. The average molecular weight is 407 g/mol. The zero-order chi connectivity index (χ0) is 20.9. The van der Waals surface area contributed by atoms with Crippen molar-refractivity contribution in [3.63, 3.8) is 0 Å². The molecule has 3 heterocycles. The lowest BCUT2D eigenvalue weighted by Gasteiger charge is -2.31. The van der Waals surface area contributed by atoms with Crippen molar-refractivity contribution in [2.24, 2.45) is 0 Å². The van der Waals surface area contributed by atoms with E-state index in [1.807, 2.05) is 5.38 Å². The molecule has 3 rings (SSSR count). The quantitative estimate of drug-likeness (QED) is 0.657. The second-order valence-electron chi connectivity index (χ2n) is 8.86. The molecule has 0 radical (unpaired) electrons. The first kappa shape index (κ1) is 20.4. The minimum absolute atomic E-state index is 0.111. The summed E-state index contributed by atoms with van der Waals surface area (Å²) in [5.41, 5.74) is 0.105. The predicted molar refractivity (Wildman–Crippen MR) is 108 cm³/mol. The van der Waals surface area contributed by atoms with Crippen LogP contribution in [0.2, 0.25) is 0 Å². The van der Waals surface area contributed by atoms with Crippen molar-refractivity contribution in [3.8, 4) is 0 Å². The first-order chi connectivity index (χ1) is 12.9. The van der Waals surface area contributed by atoms with Crippen LogP contribution in [-0.4, -0.2) is 39.4 Å². The Labute approximate surface area is 167 Å². The minimum atomic E-state index is -0.725. The van der Waals surface area contributed by atoms with E-state index in [1.54, 1.807) is 47.6 Å². The van der Waals surface area contributed by atoms with Crippen LogP contribution in [0, 0.1) is 0 Å². The van der Waals surface area contributed by atoms with E-state index in [0.29, 0.717) is 24.0 Å². The summed E-state index contributed by atoms with van der Waals surface area (Å²) in [5, 5.41) is 1.85. The van der Waals surface area contributed by atoms with Crippen molar-refractivity contribution in [1.29, 1.82) is 0 Å². The Morgan fingerprint density at radius 2 is 1.61 bits per heavy atom. The van der Waals surface area contributed by atoms with Crippen LogP contribution in [0.1, 0.15) is 52.7 Å². The van der Waals surface area contributed by atoms with Gasteiger partial charge in [0.1, 0.15) is 11.2 Å². The molecule has 8 heteroatoms. The van der Waals surface area contributed by atoms with Gasteiger partial charge >= 0.3 is 12.2 Å². The first-order valence-electron chi connectivity index (χ1n) is 9.22. The fourth-order valence-corrected chi connectivity index (χ4v) is 4.11. The monoisotopic (exact) mass is 406 g/mol. The van der Waals surface area contributed by atoms with E-state index in [1.165, 1.54) is 16.2 Å². The lowest BCUT2D eigenvalue weighted by Crippen LogP contribution is -2.44. The van der Waals surface area contributed by atoms with Gasteiger partial charge < -0.3 is 14.4 Å². The van der Waals surface area contributed by atoms with Gasteiger partial charge in [0.15, 0.2) is 0 Å². The average Bonchev–Trinajstić information content (AvgIpc) is 3.00. The van der Waals surface area contributed by atoms with E-state index in [0.717, 1.165) is 14.8 Å². The van der Waals surface area contributed by atoms with Gasteiger partial charge in [0.25, 0.3) is 5.56 Å². The molecule has 0 fully saturated rings. The molecule has 0 spiro atoms. The maximum Gasteiger partial charge on any atom is 0.422 e. The molecule has 2 aromatic heterocycles. The molecule has 0 aliphatic carbocycles. The van der Waals surface area contributed by atoms with Crippen LogP contribution in [0.4, 0.5) is 9.59 Å². The Hall–Kier alpha value is -2.35. The molecule has 1 amide bonds. The van der Waals surface area contributed by atoms with Crippen LogP contribution < -0.4 is 5.56 Å². The molecule has 0 aromatic carbocycles. The zero-order valence-corrected chi connectivity index (χ0v) is 17.9. The molecule has 28 heavy (non-hydrogen) atoms. The smallest absolute Gasteiger partial charge is 0.422 e. The number of pyridine rings is 1. The van der Waals surface area contributed by atoms with Crippen LogP contribution in [0.15, 0.2) is 16.2 Å². The number of carbonyl (C=O) groups is 2. The topological polar surface area (TPSA) is 77.8 Å². The standard InChI is InChI=1S/C20H26N2O5S/c1-19(2,3)26-17(24)21-9-7-12-13(11-21)16(23)22(14-8-10-28-15(12)14)18(25)27-20(4,5)6/h8,10H,7,9,11H2,1-6H3. The number of amides is 1. The van der Waals surface area contributed by atoms with Crippen LogP contribution in [0.5, 0.6) is 0 Å². The van der Waals surface area contributed by atoms with Crippen LogP contribution in [0.25, 0.3) is 10.2 Å². The summed E-state index contributed by atoms with van der Waals surface area (Å²) in [6.45, 7) is 11.2. The Kier molecular flexibility index (Phi) is 5.04. The van der Waals surface area contributed by atoms with Gasteiger partial charge in [-0.05, 0) is 65.0 Å². The molecular weight excluding hydrogens is 380 g/mol. The highest BCUT2D eigenvalue weighted by molar-refractivity contribution is 7.17. The Bertz CT molecular complexity index is 991. The largest absolute Gasteiger partial charge is 0.444 e. The number of thiophene rings is 1. The summed E-state index contributed by atoms with van der Waals surface area (Å²) in [7, 11) is 0. The van der Waals surface area contributed by atoms with Gasteiger partial charge in [0.05, 0.1) is 16.8 Å². The molecule has 152 valence electrons. The number of ether oxygens (including phenoxy) is 2. The zero-order valence-electron chi connectivity index (χ0n) is 17.1. The molecule has 0 unspecified atom stereocenters. The number of hydrogen-bond acceptors (Lipinski definition) is 6. The molecule has 0 N–H and O–H groups in total. The summed E-state index contributed by atoms with van der Waals surface area (Å²) in [5.74, 6) is 0. The summed E-state index contributed by atoms with van der Waals surface area (Å²) < 4.78 is 12.8. The van der Waals surface area contributed by atoms with E-state index >= 15 is 0 Å². The van der Waals surface area contributed by atoms with Crippen LogP contribution in [-0.2, 0) is 22.4 Å². The molecular formula is C20H26N2O5S. The van der Waals surface area contributed by atoms with Gasteiger partial charge in [-0.25, -0.2) is 14.2 Å². The molecule has 0 atom stereocenters. The molecule has 0 saturated heterocycles. The maximum atomic E-state index is 13.2. The van der Waals surface area contributed by atoms with Crippen molar-refractivity contribution in [2.75, 3.05) is 6.54 Å². The normalized spacial score (nSPS) is 14.7. The summed E-state index contributed by atoms with van der Waals surface area (Å²) in [6.07, 6.45) is -0.638. The number of nitrogens with zero attached hydrogens (tertiary/aromatic N) is 2. The highest BCUT2D eigenvalue weighted by Gasteiger charge is 2.31.